The molecule has 0 unspecified atom stereocenters. The first-order valence-corrected chi connectivity index (χ1v) is 6.27. The van der Waals surface area contributed by atoms with E-state index in [1.54, 1.807) is 7.11 Å². The van der Waals surface area contributed by atoms with Crippen LogP contribution in [0.3, 0.4) is 0 Å². The summed E-state index contributed by atoms with van der Waals surface area (Å²) in [4.78, 5) is 0. The van der Waals surface area contributed by atoms with Crippen LogP contribution >= 0.6 is 11.6 Å². The third-order valence-electron chi connectivity index (χ3n) is 2.97. The van der Waals surface area contributed by atoms with Crippen molar-refractivity contribution in [2.45, 2.75) is 6.42 Å². The number of halogens is 1. The first kappa shape index (κ1) is 12.0. The fourth-order valence-electron chi connectivity index (χ4n) is 2.00. The van der Waals surface area contributed by atoms with Crippen LogP contribution in [-0.2, 0) is 6.42 Å². The van der Waals surface area contributed by atoms with Gasteiger partial charge < -0.3 is 4.74 Å². The van der Waals surface area contributed by atoms with Crippen molar-refractivity contribution in [1.29, 1.82) is 0 Å². The van der Waals surface area contributed by atoms with E-state index in [1.807, 2.05) is 46.9 Å². The summed E-state index contributed by atoms with van der Waals surface area (Å²) in [5.41, 5.74) is 1.89. The van der Waals surface area contributed by atoms with Crippen LogP contribution in [0.15, 0.2) is 42.5 Å². The molecule has 0 spiro atoms. The van der Waals surface area contributed by atoms with E-state index in [-0.39, 0.29) is 0 Å². The number of pyridine rings is 1. The number of methoxy groups -OCH3 is 1. The van der Waals surface area contributed by atoms with E-state index in [2.05, 4.69) is 10.2 Å². The van der Waals surface area contributed by atoms with Crippen LogP contribution in [0.2, 0.25) is 5.15 Å². The highest BCUT2D eigenvalue weighted by Gasteiger charge is 2.08. The Morgan fingerprint density at radius 2 is 1.89 bits per heavy atom. The molecule has 2 heterocycles. The number of hydrogen-bond acceptors (Lipinski definition) is 3. The largest absolute Gasteiger partial charge is 0.497 e. The minimum atomic E-state index is 0.617. The van der Waals surface area contributed by atoms with E-state index in [4.69, 9.17) is 16.3 Å². The first-order valence-electron chi connectivity index (χ1n) is 5.89. The van der Waals surface area contributed by atoms with Crippen LogP contribution in [0, 0.1) is 0 Å². The van der Waals surface area contributed by atoms with Crippen LogP contribution in [-0.4, -0.2) is 21.7 Å². The van der Waals surface area contributed by atoms with Crippen LogP contribution in [0.5, 0.6) is 5.75 Å². The SMILES string of the molecule is COc1ccc(Cc2nnc3cccc(Cl)n23)cc1. The van der Waals surface area contributed by atoms with Crippen LogP contribution in [0.1, 0.15) is 11.4 Å². The molecular formula is C14H12ClN3O. The molecule has 5 heteroatoms. The third-order valence-corrected chi connectivity index (χ3v) is 3.26. The topological polar surface area (TPSA) is 39.4 Å². The Morgan fingerprint density at radius 3 is 2.63 bits per heavy atom. The van der Waals surface area contributed by atoms with E-state index in [1.165, 1.54) is 0 Å². The summed E-state index contributed by atoms with van der Waals surface area (Å²) in [5, 5.41) is 8.92. The van der Waals surface area contributed by atoms with Gasteiger partial charge in [-0.2, -0.15) is 0 Å². The number of nitrogens with zero attached hydrogens (tertiary/aromatic N) is 3. The maximum atomic E-state index is 6.18. The normalized spacial score (nSPS) is 10.8. The molecule has 0 N–H and O–H groups in total. The zero-order valence-corrected chi connectivity index (χ0v) is 11.1. The summed E-state index contributed by atoms with van der Waals surface area (Å²) in [6, 6.07) is 13.5. The number of ether oxygens (including phenoxy) is 1. The molecule has 0 amide bonds. The predicted molar refractivity (Wildman–Crippen MR) is 73.8 cm³/mol. The van der Waals surface area contributed by atoms with Gasteiger partial charge in [0.1, 0.15) is 16.7 Å². The van der Waals surface area contributed by atoms with Crippen molar-refractivity contribution >= 4 is 17.2 Å². The van der Waals surface area contributed by atoms with Crippen molar-refractivity contribution in [1.82, 2.24) is 14.6 Å². The molecule has 0 fully saturated rings. The second-order valence-corrected chi connectivity index (χ2v) is 4.57. The molecule has 0 bridgehead atoms. The van der Waals surface area contributed by atoms with E-state index in [0.717, 1.165) is 22.8 Å². The van der Waals surface area contributed by atoms with Gasteiger partial charge in [0, 0.05) is 6.42 Å². The molecule has 0 aliphatic rings. The standard InChI is InChI=1S/C14H12ClN3O/c1-19-11-7-5-10(6-8-11)9-14-17-16-13-4-2-3-12(15)18(13)14/h2-8H,9H2,1H3. The number of benzene rings is 1. The molecular weight excluding hydrogens is 262 g/mol. The molecule has 3 rings (SSSR count). The van der Waals surface area contributed by atoms with Crippen molar-refractivity contribution in [3.05, 3.63) is 59.0 Å². The fraction of sp³-hybridized carbons (Fsp3) is 0.143. The molecule has 4 nitrogen and oxygen atoms in total. The van der Waals surface area contributed by atoms with Gasteiger partial charge in [-0.3, -0.25) is 4.40 Å². The van der Waals surface area contributed by atoms with Gasteiger partial charge in [-0.1, -0.05) is 29.8 Å². The summed E-state index contributed by atoms with van der Waals surface area (Å²) in [7, 11) is 1.65. The number of fused-ring (bicyclic) bond motifs is 1. The highest BCUT2D eigenvalue weighted by atomic mass is 35.5. The van der Waals surface area contributed by atoms with E-state index >= 15 is 0 Å². The van der Waals surface area contributed by atoms with Crippen LogP contribution < -0.4 is 4.74 Å². The molecule has 2 aromatic heterocycles. The van der Waals surface area contributed by atoms with Gasteiger partial charge in [0.25, 0.3) is 0 Å². The lowest BCUT2D eigenvalue weighted by molar-refractivity contribution is 0.414. The van der Waals surface area contributed by atoms with Gasteiger partial charge in [0.2, 0.25) is 0 Å². The highest BCUT2D eigenvalue weighted by molar-refractivity contribution is 6.29. The van der Waals surface area contributed by atoms with Crippen molar-refractivity contribution in [2.75, 3.05) is 7.11 Å². The molecule has 0 aliphatic carbocycles. The molecule has 0 aliphatic heterocycles. The Labute approximate surface area is 115 Å². The maximum absolute atomic E-state index is 6.18. The molecule has 96 valence electrons. The lowest BCUT2D eigenvalue weighted by atomic mass is 10.1. The minimum Gasteiger partial charge on any atom is -0.497 e. The maximum Gasteiger partial charge on any atom is 0.161 e. The fourth-order valence-corrected chi connectivity index (χ4v) is 2.26. The van der Waals surface area contributed by atoms with Gasteiger partial charge in [0.05, 0.1) is 7.11 Å². The molecule has 1 aromatic carbocycles. The average molecular weight is 274 g/mol. The summed E-state index contributed by atoms with van der Waals surface area (Å²) in [6.07, 6.45) is 0.675. The Morgan fingerprint density at radius 1 is 1.11 bits per heavy atom. The Hall–Kier alpha value is -2.07. The van der Waals surface area contributed by atoms with Crippen molar-refractivity contribution in [3.8, 4) is 5.75 Å². The third kappa shape index (κ3) is 2.27. The van der Waals surface area contributed by atoms with Crippen molar-refractivity contribution in [2.24, 2.45) is 0 Å². The number of aromatic nitrogens is 3. The smallest absolute Gasteiger partial charge is 0.161 e. The summed E-state index contributed by atoms with van der Waals surface area (Å²) in [6.45, 7) is 0. The minimum absolute atomic E-state index is 0.617. The van der Waals surface area contributed by atoms with Crippen LogP contribution in [0.25, 0.3) is 5.65 Å². The zero-order valence-electron chi connectivity index (χ0n) is 10.4. The van der Waals surface area contributed by atoms with Crippen LogP contribution in [0.4, 0.5) is 0 Å². The quantitative estimate of drug-likeness (QED) is 0.689. The lowest BCUT2D eigenvalue weighted by Gasteiger charge is -2.04. The lowest BCUT2D eigenvalue weighted by Crippen LogP contribution is -1.97. The average Bonchev–Trinajstić information content (AvgIpc) is 2.84. The monoisotopic (exact) mass is 273 g/mol. The van der Waals surface area contributed by atoms with E-state index in [9.17, 15) is 0 Å². The van der Waals surface area contributed by atoms with Gasteiger partial charge in [0.15, 0.2) is 5.65 Å². The predicted octanol–water partition coefficient (Wildman–Crippen LogP) is 2.98. The van der Waals surface area contributed by atoms with E-state index in [0.29, 0.717) is 11.6 Å². The Kier molecular flexibility index (Phi) is 3.09. The highest BCUT2D eigenvalue weighted by Crippen LogP contribution is 2.17. The Bertz CT molecular complexity index is 706. The molecule has 0 saturated carbocycles. The van der Waals surface area contributed by atoms with Gasteiger partial charge >= 0.3 is 0 Å². The summed E-state index contributed by atoms with van der Waals surface area (Å²) >= 11 is 6.18. The molecule has 3 aromatic rings. The van der Waals surface area contributed by atoms with E-state index < -0.39 is 0 Å². The zero-order chi connectivity index (χ0) is 13.2. The number of hydrogen-bond donors (Lipinski definition) is 0. The molecule has 19 heavy (non-hydrogen) atoms. The second-order valence-electron chi connectivity index (χ2n) is 4.18. The number of rotatable bonds is 3. The molecule has 0 atom stereocenters. The first-order chi connectivity index (χ1) is 9.28. The second kappa shape index (κ2) is 4.90. The van der Waals surface area contributed by atoms with Gasteiger partial charge in [-0.25, -0.2) is 0 Å². The van der Waals surface area contributed by atoms with Crippen molar-refractivity contribution < 1.29 is 4.74 Å². The summed E-state index contributed by atoms with van der Waals surface area (Å²) in [5.74, 6) is 1.67. The van der Waals surface area contributed by atoms with Gasteiger partial charge in [-0.05, 0) is 29.8 Å². The molecule has 0 saturated heterocycles. The van der Waals surface area contributed by atoms with Gasteiger partial charge in [-0.15, -0.1) is 10.2 Å². The molecule has 0 radical (unpaired) electrons. The Balaban J connectivity index is 1.96. The van der Waals surface area contributed by atoms with Crippen molar-refractivity contribution in [3.63, 3.8) is 0 Å². The summed E-state index contributed by atoms with van der Waals surface area (Å²) < 4.78 is 6.99.